The smallest absolute Gasteiger partial charge is 0.268 e. The second-order valence-corrected chi connectivity index (χ2v) is 5.45. The lowest BCUT2D eigenvalue weighted by Crippen LogP contribution is -2.26. The number of benzene rings is 1. The van der Waals surface area contributed by atoms with Gasteiger partial charge in [0, 0.05) is 16.7 Å². The van der Waals surface area contributed by atoms with Crippen molar-refractivity contribution in [1.29, 1.82) is 0 Å². The number of nitrogens with zero attached hydrogens (tertiary/aromatic N) is 1. The Morgan fingerprint density at radius 2 is 2.05 bits per heavy atom. The van der Waals surface area contributed by atoms with Crippen LogP contribution in [0.5, 0.6) is 5.88 Å². The predicted molar refractivity (Wildman–Crippen MR) is 80.3 cm³/mol. The predicted octanol–water partition coefficient (Wildman–Crippen LogP) is 3.23. The van der Waals surface area contributed by atoms with E-state index in [1.165, 1.54) is 0 Å². The number of primary amides is 1. The molecule has 1 heterocycles. The van der Waals surface area contributed by atoms with Crippen LogP contribution in [0.4, 0.5) is 0 Å². The standard InChI is InChI=1S/C16H14ClN2O2/c17-11-6-4-10(5-7-11)13-8-9-14(15(18)20)19-16(13)21-12-2-1-3-12/h4-8,12H,1-3H2,(H2,18,20). The molecule has 5 heteroatoms. The number of ether oxygens (including phenoxy) is 1. The fraction of sp³-hybridized carbons (Fsp3) is 0.250. The van der Waals surface area contributed by atoms with Crippen molar-refractivity contribution in [3.63, 3.8) is 0 Å². The van der Waals surface area contributed by atoms with Crippen LogP contribution >= 0.6 is 11.6 Å². The van der Waals surface area contributed by atoms with Crippen LogP contribution in [0.25, 0.3) is 11.1 Å². The molecule has 0 atom stereocenters. The maximum atomic E-state index is 11.3. The van der Waals surface area contributed by atoms with Crippen LogP contribution in [0.2, 0.25) is 5.02 Å². The molecule has 0 aliphatic heterocycles. The molecule has 0 unspecified atom stereocenters. The fourth-order valence-electron chi connectivity index (χ4n) is 2.10. The number of halogens is 1. The van der Waals surface area contributed by atoms with Gasteiger partial charge in [0.15, 0.2) is 0 Å². The minimum Gasteiger partial charge on any atom is -0.474 e. The average molecular weight is 302 g/mol. The molecule has 1 fully saturated rings. The number of hydrogen-bond acceptors (Lipinski definition) is 3. The summed E-state index contributed by atoms with van der Waals surface area (Å²) in [4.78, 5) is 15.5. The number of carbonyl (C=O) groups excluding carboxylic acids is 1. The fourth-order valence-corrected chi connectivity index (χ4v) is 2.22. The molecule has 4 nitrogen and oxygen atoms in total. The Labute approximate surface area is 127 Å². The Bertz CT molecular complexity index is 666. The Morgan fingerprint density at radius 1 is 1.33 bits per heavy atom. The zero-order chi connectivity index (χ0) is 14.8. The van der Waals surface area contributed by atoms with Gasteiger partial charge >= 0.3 is 0 Å². The first-order valence-electron chi connectivity index (χ1n) is 6.78. The molecule has 0 bridgehead atoms. The SMILES string of the molecule is NC(=O)c1[c]cc(-c2ccc(Cl)cc2)c(OC2CCC2)n1. The van der Waals surface area contributed by atoms with Gasteiger partial charge < -0.3 is 10.5 Å². The zero-order valence-corrected chi connectivity index (χ0v) is 12.1. The molecule has 107 valence electrons. The summed E-state index contributed by atoms with van der Waals surface area (Å²) in [5.74, 6) is -0.189. The van der Waals surface area contributed by atoms with Crippen LogP contribution in [0, 0.1) is 6.07 Å². The Balaban J connectivity index is 2.00. The van der Waals surface area contributed by atoms with Crippen molar-refractivity contribution in [3.8, 4) is 17.0 Å². The highest BCUT2D eigenvalue weighted by molar-refractivity contribution is 6.30. The molecule has 0 saturated heterocycles. The summed E-state index contributed by atoms with van der Waals surface area (Å²) in [7, 11) is 0. The maximum Gasteiger partial charge on any atom is 0.268 e. The summed E-state index contributed by atoms with van der Waals surface area (Å²) < 4.78 is 5.89. The number of hydrogen-bond donors (Lipinski definition) is 1. The van der Waals surface area contributed by atoms with E-state index in [9.17, 15) is 4.79 Å². The molecular weight excluding hydrogens is 288 g/mol. The largest absolute Gasteiger partial charge is 0.474 e. The van der Waals surface area contributed by atoms with E-state index in [0.717, 1.165) is 30.4 Å². The number of rotatable bonds is 4. The van der Waals surface area contributed by atoms with Gasteiger partial charge in [0.25, 0.3) is 5.91 Å². The summed E-state index contributed by atoms with van der Waals surface area (Å²) in [6, 6.07) is 11.8. The van der Waals surface area contributed by atoms with Gasteiger partial charge in [0.2, 0.25) is 5.88 Å². The van der Waals surface area contributed by atoms with Crippen molar-refractivity contribution in [2.24, 2.45) is 5.73 Å². The normalized spacial score (nSPS) is 14.5. The quantitative estimate of drug-likeness (QED) is 0.943. The third kappa shape index (κ3) is 3.00. The first-order valence-corrected chi connectivity index (χ1v) is 7.16. The summed E-state index contributed by atoms with van der Waals surface area (Å²) in [5.41, 5.74) is 7.04. The highest BCUT2D eigenvalue weighted by Gasteiger charge is 2.22. The molecule has 1 saturated carbocycles. The third-order valence-corrected chi connectivity index (χ3v) is 3.77. The molecule has 1 radical (unpaired) electrons. The summed E-state index contributed by atoms with van der Waals surface area (Å²) in [6.45, 7) is 0. The first kappa shape index (κ1) is 13.9. The van der Waals surface area contributed by atoms with Crippen molar-refractivity contribution in [3.05, 3.63) is 47.1 Å². The number of nitrogens with two attached hydrogens (primary N) is 1. The van der Waals surface area contributed by atoms with Crippen molar-refractivity contribution in [2.45, 2.75) is 25.4 Å². The zero-order valence-electron chi connectivity index (χ0n) is 11.3. The first-order chi connectivity index (χ1) is 10.1. The van der Waals surface area contributed by atoms with Crippen LogP contribution in [0.1, 0.15) is 29.8 Å². The molecule has 1 aromatic heterocycles. The van der Waals surface area contributed by atoms with Gasteiger partial charge in [-0.05, 0) is 43.0 Å². The molecule has 0 spiro atoms. The van der Waals surface area contributed by atoms with Gasteiger partial charge in [-0.2, -0.15) is 0 Å². The van der Waals surface area contributed by atoms with Crippen LogP contribution in [-0.2, 0) is 0 Å². The minimum atomic E-state index is -0.615. The van der Waals surface area contributed by atoms with E-state index in [0.29, 0.717) is 10.9 Å². The maximum absolute atomic E-state index is 11.3. The number of pyridine rings is 1. The van der Waals surface area contributed by atoms with E-state index >= 15 is 0 Å². The third-order valence-electron chi connectivity index (χ3n) is 3.52. The van der Waals surface area contributed by atoms with Crippen molar-refractivity contribution in [1.82, 2.24) is 4.98 Å². The van der Waals surface area contributed by atoms with Gasteiger partial charge in [0.1, 0.15) is 11.8 Å². The van der Waals surface area contributed by atoms with Gasteiger partial charge in [-0.25, -0.2) is 4.98 Å². The molecule has 1 aliphatic rings. The monoisotopic (exact) mass is 301 g/mol. The molecule has 1 aromatic carbocycles. The summed E-state index contributed by atoms with van der Waals surface area (Å²) >= 11 is 5.91. The van der Waals surface area contributed by atoms with E-state index in [4.69, 9.17) is 22.1 Å². The van der Waals surface area contributed by atoms with E-state index in [1.807, 2.05) is 12.1 Å². The number of aromatic nitrogens is 1. The van der Waals surface area contributed by atoms with Crippen LogP contribution < -0.4 is 10.5 Å². The molecule has 1 amide bonds. The van der Waals surface area contributed by atoms with Crippen LogP contribution in [0.3, 0.4) is 0 Å². The van der Waals surface area contributed by atoms with E-state index in [-0.39, 0.29) is 11.8 Å². The van der Waals surface area contributed by atoms with Crippen molar-refractivity contribution in [2.75, 3.05) is 0 Å². The van der Waals surface area contributed by atoms with E-state index in [1.54, 1.807) is 18.2 Å². The highest BCUT2D eigenvalue weighted by atomic mass is 35.5. The van der Waals surface area contributed by atoms with Crippen LogP contribution in [0.15, 0.2) is 30.3 Å². The topological polar surface area (TPSA) is 65.2 Å². The molecule has 3 rings (SSSR count). The van der Waals surface area contributed by atoms with Gasteiger partial charge in [0.05, 0.1) is 0 Å². The Morgan fingerprint density at radius 3 is 2.62 bits per heavy atom. The van der Waals surface area contributed by atoms with Gasteiger partial charge in [-0.1, -0.05) is 23.7 Å². The minimum absolute atomic E-state index is 0.0852. The van der Waals surface area contributed by atoms with E-state index < -0.39 is 5.91 Å². The lowest BCUT2D eigenvalue weighted by Gasteiger charge is -2.26. The lowest BCUT2D eigenvalue weighted by molar-refractivity contribution is 0.0984. The molecule has 21 heavy (non-hydrogen) atoms. The van der Waals surface area contributed by atoms with Gasteiger partial charge in [-0.15, -0.1) is 0 Å². The van der Waals surface area contributed by atoms with Crippen molar-refractivity contribution < 1.29 is 9.53 Å². The Kier molecular flexibility index (Phi) is 3.80. The number of carbonyl (C=O) groups is 1. The summed E-state index contributed by atoms with van der Waals surface area (Å²) in [6.07, 6.45) is 3.33. The van der Waals surface area contributed by atoms with E-state index in [2.05, 4.69) is 11.1 Å². The summed E-state index contributed by atoms with van der Waals surface area (Å²) in [5, 5.41) is 0.658. The molecular formula is C16H14ClN2O2. The second kappa shape index (κ2) is 5.74. The lowest BCUT2D eigenvalue weighted by atomic mass is 9.96. The second-order valence-electron chi connectivity index (χ2n) is 5.01. The molecule has 2 aromatic rings. The van der Waals surface area contributed by atoms with Gasteiger partial charge in [-0.3, -0.25) is 4.79 Å². The Hall–Kier alpha value is -2.07. The highest BCUT2D eigenvalue weighted by Crippen LogP contribution is 2.33. The average Bonchev–Trinajstić information content (AvgIpc) is 2.43. The number of amides is 1. The van der Waals surface area contributed by atoms with Crippen molar-refractivity contribution >= 4 is 17.5 Å². The molecule has 2 N–H and O–H groups in total. The van der Waals surface area contributed by atoms with Crippen LogP contribution in [-0.4, -0.2) is 17.0 Å². The molecule has 1 aliphatic carbocycles.